The number of carbonyl (C=O) groups is 2. The fourth-order valence-corrected chi connectivity index (χ4v) is 4.48. The second kappa shape index (κ2) is 8.21. The Balaban J connectivity index is 1.54. The average Bonchev–Trinajstić information content (AvgIpc) is 3.00. The first kappa shape index (κ1) is 19.5. The van der Waals surface area contributed by atoms with Crippen molar-refractivity contribution < 1.29 is 9.59 Å². The largest absolute Gasteiger partial charge is 0.345 e. The third-order valence-electron chi connectivity index (χ3n) is 5.13. The van der Waals surface area contributed by atoms with Crippen LogP contribution in [-0.2, 0) is 6.42 Å². The molecular weight excluding hydrogens is 358 g/mol. The molecule has 144 valence electrons. The quantitative estimate of drug-likeness (QED) is 0.809. The van der Waals surface area contributed by atoms with Gasteiger partial charge in [-0.25, -0.2) is 4.98 Å². The Morgan fingerprint density at radius 3 is 2.30 bits per heavy atom. The summed E-state index contributed by atoms with van der Waals surface area (Å²) in [5, 5.41) is 0.946. The lowest BCUT2D eigenvalue weighted by Gasteiger charge is -2.32. The lowest BCUT2D eigenvalue weighted by atomic mass is 9.90. The molecule has 1 fully saturated rings. The Morgan fingerprint density at radius 1 is 1.15 bits per heavy atom. The second-order valence-corrected chi connectivity index (χ2v) is 8.69. The van der Waals surface area contributed by atoms with Crippen LogP contribution in [0.2, 0.25) is 0 Å². The van der Waals surface area contributed by atoms with Gasteiger partial charge in [0.1, 0.15) is 4.88 Å². The Bertz CT molecular complexity index is 818. The monoisotopic (exact) mass is 385 g/mol. The molecule has 0 unspecified atom stereocenters. The summed E-state index contributed by atoms with van der Waals surface area (Å²) >= 11 is 1.49. The van der Waals surface area contributed by atoms with E-state index in [-0.39, 0.29) is 11.8 Å². The van der Waals surface area contributed by atoms with Crippen LogP contribution in [0.1, 0.15) is 49.1 Å². The van der Waals surface area contributed by atoms with Crippen molar-refractivity contribution in [2.24, 2.45) is 5.92 Å². The van der Waals surface area contributed by atoms with Crippen LogP contribution >= 0.6 is 11.3 Å². The number of benzene rings is 1. The molecule has 1 saturated heterocycles. The van der Waals surface area contributed by atoms with Crippen LogP contribution in [0.4, 0.5) is 0 Å². The minimum Gasteiger partial charge on any atom is -0.345 e. The lowest BCUT2D eigenvalue weighted by Crippen LogP contribution is -2.38. The van der Waals surface area contributed by atoms with Crippen LogP contribution < -0.4 is 0 Å². The van der Waals surface area contributed by atoms with Crippen molar-refractivity contribution in [3.63, 3.8) is 0 Å². The summed E-state index contributed by atoms with van der Waals surface area (Å²) < 4.78 is 0. The first-order chi connectivity index (χ1) is 12.8. The third-order valence-corrected chi connectivity index (χ3v) is 6.19. The van der Waals surface area contributed by atoms with Crippen molar-refractivity contribution in [2.45, 2.75) is 33.1 Å². The molecule has 27 heavy (non-hydrogen) atoms. The predicted octanol–water partition coefficient (Wildman–Crippen LogP) is 3.56. The zero-order valence-electron chi connectivity index (χ0n) is 16.5. The number of piperidine rings is 1. The Morgan fingerprint density at radius 2 is 1.78 bits per heavy atom. The molecule has 0 atom stereocenters. The Kier molecular flexibility index (Phi) is 5.95. The fraction of sp³-hybridized carbons (Fsp3) is 0.476. The van der Waals surface area contributed by atoms with Gasteiger partial charge >= 0.3 is 0 Å². The maximum Gasteiger partial charge on any atom is 0.265 e. The van der Waals surface area contributed by atoms with Crippen molar-refractivity contribution in [3.05, 3.63) is 51.0 Å². The minimum absolute atomic E-state index is 0.0296. The van der Waals surface area contributed by atoms with Gasteiger partial charge in [0.05, 0.1) is 10.7 Å². The van der Waals surface area contributed by atoms with Crippen LogP contribution in [0.15, 0.2) is 24.3 Å². The highest BCUT2D eigenvalue weighted by Gasteiger charge is 2.26. The van der Waals surface area contributed by atoms with E-state index < -0.39 is 0 Å². The molecule has 0 aliphatic carbocycles. The van der Waals surface area contributed by atoms with Gasteiger partial charge in [-0.1, -0.05) is 12.1 Å². The Hall–Kier alpha value is -2.21. The highest BCUT2D eigenvalue weighted by molar-refractivity contribution is 7.13. The van der Waals surface area contributed by atoms with E-state index in [2.05, 4.69) is 17.1 Å². The van der Waals surface area contributed by atoms with Crippen molar-refractivity contribution in [3.8, 4) is 0 Å². The summed E-state index contributed by atoms with van der Waals surface area (Å²) in [6, 6.07) is 7.92. The Labute approximate surface area is 165 Å². The van der Waals surface area contributed by atoms with E-state index in [1.54, 1.807) is 19.0 Å². The number of carbonyl (C=O) groups excluding carboxylic acids is 2. The SMILES string of the molecule is Cc1nc(C)c(C(=O)N2CCC(Cc3ccc(C(=O)N(C)C)cc3)CC2)s1. The number of thiazole rings is 1. The molecule has 1 aliphatic heterocycles. The van der Waals surface area contributed by atoms with E-state index in [1.165, 1.54) is 16.9 Å². The molecule has 1 aromatic carbocycles. The molecule has 0 N–H and O–H groups in total. The minimum atomic E-state index is 0.0296. The first-order valence-electron chi connectivity index (χ1n) is 9.39. The summed E-state index contributed by atoms with van der Waals surface area (Å²) in [4.78, 5) is 33.4. The number of aromatic nitrogens is 1. The summed E-state index contributed by atoms with van der Waals surface area (Å²) in [5.41, 5.74) is 2.82. The van der Waals surface area contributed by atoms with Crippen molar-refractivity contribution >= 4 is 23.2 Å². The molecular formula is C21H27N3O2S. The zero-order chi connectivity index (χ0) is 19.6. The molecule has 2 amide bonds. The molecule has 2 aromatic rings. The normalized spacial score (nSPS) is 15.0. The van der Waals surface area contributed by atoms with Crippen molar-refractivity contribution in [2.75, 3.05) is 27.2 Å². The number of hydrogen-bond donors (Lipinski definition) is 0. The molecule has 6 heteroatoms. The summed E-state index contributed by atoms with van der Waals surface area (Å²) in [6.45, 7) is 5.46. The van der Waals surface area contributed by atoms with Gasteiger partial charge < -0.3 is 9.80 Å². The van der Waals surface area contributed by atoms with E-state index in [0.717, 1.165) is 53.5 Å². The fourth-order valence-electron chi connectivity index (χ4n) is 3.59. The zero-order valence-corrected chi connectivity index (χ0v) is 17.3. The second-order valence-electron chi connectivity index (χ2n) is 7.48. The number of amides is 2. The van der Waals surface area contributed by atoms with Gasteiger partial charge in [0.15, 0.2) is 0 Å². The maximum atomic E-state index is 12.7. The van der Waals surface area contributed by atoms with Crippen LogP contribution in [0.5, 0.6) is 0 Å². The molecule has 5 nitrogen and oxygen atoms in total. The van der Waals surface area contributed by atoms with Crippen LogP contribution in [0.3, 0.4) is 0 Å². The smallest absolute Gasteiger partial charge is 0.265 e. The molecule has 1 aliphatic rings. The van der Waals surface area contributed by atoms with Gasteiger partial charge in [-0.15, -0.1) is 11.3 Å². The lowest BCUT2D eigenvalue weighted by molar-refractivity contribution is 0.0694. The number of hydrogen-bond acceptors (Lipinski definition) is 4. The van der Waals surface area contributed by atoms with Gasteiger partial charge in [0.2, 0.25) is 0 Å². The van der Waals surface area contributed by atoms with Crippen molar-refractivity contribution in [1.29, 1.82) is 0 Å². The molecule has 0 spiro atoms. The van der Waals surface area contributed by atoms with Crippen LogP contribution in [-0.4, -0.2) is 53.8 Å². The first-order valence-corrected chi connectivity index (χ1v) is 10.2. The third kappa shape index (κ3) is 4.56. The average molecular weight is 386 g/mol. The predicted molar refractivity (Wildman–Crippen MR) is 108 cm³/mol. The van der Waals surface area contributed by atoms with Crippen LogP contribution in [0, 0.1) is 19.8 Å². The number of nitrogens with zero attached hydrogens (tertiary/aromatic N) is 3. The van der Waals surface area contributed by atoms with E-state index in [0.29, 0.717) is 5.92 Å². The van der Waals surface area contributed by atoms with Crippen molar-refractivity contribution in [1.82, 2.24) is 14.8 Å². The number of aryl methyl sites for hydroxylation is 2. The molecule has 3 rings (SSSR count). The van der Waals surface area contributed by atoms with Gasteiger partial charge in [0, 0.05) is 32.7 Å². The van der Waals surface area contributed by atoms with E-state index in [9.17, 15) is 9.59 Å². The van der Waals surface area contributed by atoms with Gasteiger partial charge in [-0.05, 0) is 56.7 Å². The highest BCUT2D eigenvalue weighted by atomic mass is 32.1. The van der Waals surface area contributed by atoms with Gasteiger partial charge in [0.25, 0.3) is 11.8 Å². The molecule has 2 heterocycles. The van der Waals surface area contributed by atoms with Gasteiger partial charge in [-0.2, -0.15) is 0 Å². The number of rotatable bonds is 4. The topological polar surface area (TPSA) is 53.5 Å². The highest BCUT2D eigenvalue weighted by Crippen LogP contribution is 2.25. The molecule has 0 bridgehead atoms. The van der Waals surface area contributed by atoms with E-state index in [1.807, 2.05) is 30.9 Å². The van der Waals surface area contributed by atoms with E-state index >= 15 is 0 Å². The molecule has 1 aromatic heterocycles. The summed E-state index contributed by atoms with van der Waals surface area (Å²) in [5.74, 6) is 0.735. The summed E-state index contributed by atoms with van der Waals surface area (Å²) in [6.07, 6.45) is 3.03. The molecule has 0 radical (unpaired) electrons. The van der Waals surface area contributed by atoms with E-state index in [4.69, 9.17) is 0 Å². The van der Waals surface area contributed by atoms with Crippen LogP contribution in [0.25, 0.3) is 0 Å². The standard InChI is InChI=1S/C21H27N3O2S/c1-14-19(27-15(2)22-14)21(26)24-11-9-17(10-12-24)13-16-5-7-18(8-6-16)20(25)23(3)4/h5-8,17H,9-13H2,1-4H3. The van der Waals surface area contributed by atoms with Gasteiger partial charge in [-0.3, -0.25) is 9.59 Å². The molecule has 0 saturated carbocycles. The maximum absolute atomic E-state index is 12.7. The number of likely N-dealkylation sites (tertiary alicyclic amines) is 1. The summed E-state index contributed by atoms with van der Waals surface area (Å²) in [7, 11) is 3.53.